The number of carboxylic acid groups (broad SMARTS) is 1. The molecule has 0 bridgehead atoms. The molecule has 0 heterocycles. The SMILES string of the molecule is C[C@H](CC(=O)C[C@H](C)C(=O)O)[C@H]1C[C@H](O)[C@@]2(C)C3=C(C(=O)C[C@]12C)[C@@]1(C)CC[C@H](O)C(C)(C)[C@H]1C[C@@H]3O. The van der Waals surface area contributed by atoms with Crippen molar-refractivity contribution in [1.29, 1.82) is 0 Å². The third-order valence-corrected chi connectivity index (χ3v) is 11.8. The maximum absolute atomic E-state index is 14.1. The fourth-order valence-electron chi connectivity index (χ4n) is 9.39. The van der Waals surface area contributed by atoms with Crippen molar-refractivity contribution in [3.63, 3.8) is 0 Å². The summed E-state index contributed by atoms with van der Waals surface area (Å²) in [6, 6.07) is 0. The molecular formula is C30H46O7. The largest absolute Gasteiger partial charge is 0.481 e. The Bertz CT molecular complexity index is 1030. The van der Waals surface area contributed by atoms with Crippen LogP contribution in [-0.4, -0.2) is 56.3 Å². The Kier molecular flexibility index (Phi) is 6.91. The molecule has 4 rings (SSSR count). The van der Waals surface area contributed by atoms with E-state index in [1.165, 1.54) is 6.92 Å². The number of carboxylic acids is 1. The molecule has 0 aromatic carbocycles. The summed E-state index contributed by atoms with van der Waals surface area (Å²) >= 11 is 0. The Morgan fingerprint density at radius 2 is 1.59 bits per heavy atom. The van der Waals surface area contributed by atoms with Crippen molar-refractivity contribution < 1.29 is 34.8 Å². The van der Waals surface area contributed by atoms with Gasteiger partial charge in [0.15, 0.2) is 5.78 Å². The number of hydrogen-bond donors (Lipinski definition) is 4. The molecule has 7 heteroatoms. The van der Waals surface area contributed by atoms with Gasteiger partial charge in [0.05, 0.1) is 24.2 Å². The highest BCUT2D eigenvalue weighted by Gasteiger charge is 2.70. The number of carbonyl (C=O) groups excluding carboxylic acids is 2. The summed E-state index contributed by atoms with van der Waals surface area (Å²) in [5.74, 6) is -2.17. The number of aliphatic hydroxyl groups is 3. The standard InChI is InChI=1S/C30H46O7/c1-15(10-17(31)11-16(2)26(36)37)18-12-23(35)30(7)25-19(32)13-21-27(3,4)22(34)8-9-28(21,5)24(25)20(33)14-29(18,30)6/h15-16,18-19,21-23,32,34-35H,8-14H2,1-7H3,(H,36,37)/t15-,16+,18-,19+,21-,22+,23+,28+,29-,30+/m1/s1. The number of Topliss-reactive ketones (excluding diaryl/α,β-unsaturated/α-hetero) is 2. The first kappa shape index (κ1) is 28.4. The number of rotatable bonds is 6. The Balaban J connectivity index is 1.74. The van der Waals surface area contributed by atoms with Crippen molar-refractivity contribution in [3.8, 4) is 0 Å². The lowest BCUT2D eigenvalue weighted by Crippen LogP contribution is -2.61. The topological polar surface area (TPSA) is 132 Å². The van der Waals surface area contributed by atoms with Crippen LogP contribution in [0.2, 0.25) is 0 Å². The maximum atomic E-state index is 14.1. The molecule has 10 atom stereocenters. The Morgan fingerprint density at radius 3 is 2.19 bits per heavy atom. The third kappa shape index (κ3) is 3.89. The minimum Gasteiger partial charge on any atom is -0.481 e. The van der Waals surface area contributed by atoms with Gasteiger partial charge in [0.25, 0.3) is 0 Å². The summed E-state index contributed by atoms with van der Waals surface area (Å²) in [6.45, 7) is 13.7. The number of fused-ring (bicyclic) bond motifs is 4. The molecule has 4 N–H and O–H groups in total. The van der Waals surface area contributed by atoms with Gasteiger partial charge in [0, 0.05) is 30.3 Å². The Labute approximate surface area is 220 Å². The van der Waals surface area contributed by atoms with Gasteiger partial charge in [0.1, 0.15) is 5.78 Å². The maximum Gasteiger partial charge on any atom is 0.306 e. The zero-order valence-electron chi connectivity index (χ0n) is 23.5. The molecule has 2 saturated carbocycles. The van der Waals surface area contributed by atoms with Gasteiger partial charge in [-0.2, -0.15) is 0 Å². The third-order valence-electron chi connectivity index (χ3n) is 11.8. The normalized spacial score (nSPS) is 44.5. The average molecular weight is 519 g/mol. The van der Waals surface area contributed by atoms with Gasteiger partial charge < -0.3 is 20.4 Å². The first-order valence-electron chi connectivity index (χ1n) is 14.0. The molecule has 7 nitrogen and oxygen atoms in total. The summed E-state index contributed by atoms with van der Waals surface area (Å²) in [7, 11) is 0. The minimum absolute atomic E-state index is 0.0190. The number of carbonyl (C=O) groups is 3. The highest BCUT2D eigenvalue weighted by atomic mass is 16.4. The fourth-order valence-corrected chi connectivity index (χ4v) is 9.39. The number of aliphatic carboxylic acids is 1. The average Bonchev–Trinajstić information content (AvgIpc) is 2.99. The van der Waals surface area contributed by atoms with Crippen LogP contribution in [-0.2, 0) is 14.4 Å². The molecule has 0 saturated heterocycles. The summed E-state index contributed by atoms with van der Waals surface area (Å²) in [5.41, 5.74) is -1.03. The van der Waals surface area contributed by atoms with E-state index < -0.39 is 51.9 Å². The van der Waals surface area contributed by atoms with Gasteiger partial charge in [-0.25, -0.2) is 0 Å². The van der Waals surface area contributed by atoms with Crippen LogP contribution in [0.15, 0.2) is 11.1 Å². The molecular weight excluding hydrogens is 472 g/mol. The summed E-state index contributed by atoms with van der Waals surface area (Å²) in [5, 5.41) is 43.3. The van der Waals surface area contributed by atoms with Gasteiger partial charge in [-0.3, -0.25) is 14.4 Å². The molecule has 2 fully saturated rings. The van der Waals surface area contributed by atoms with Crippen LogP contribution in [0, 0.1) is 45.3 Å². The van der Waals surface area contributed by atoms with Gasteiger partial charge in [-0.15, -0.1) is 0 Å². The van der Waals surface area contributed by atoms with E-state index in [-0.39, 0.29) is 48.6 Å². The predicted molar refractivity (Wildman–Crippen MR) is 138 cm³/mol. The first-order chi connectivity index (χ1) is 16.9. The van der Waals surface area contributed by atoms with Crippen LogP contribution in [0.5, 0.6) is 0 Å². The van der Waals surface area contributed by atoms with Gasteiger partial charge in [-0.05, 0) is 65.3 Å². The van der Waals surface area contributed by atoms with Crippen LogP contribution in [0.4, 0.5) is 0 Å². The van der Waals surface area contributed by atoms with Gasteiger partial charge >= 0.3 is 5.97 Å². The summed E-state index contributed by atoms with van der Waals surface area (Å²) in [6.07, 6.45) is 0.391. The van der Waals surface area contributed by atoms with Crippen LogP contribution >= 0.6 is 0 Å². The lowest BCUT2D eigenvalue weighted by molar-refractivity contribution is -0.143. The highest BCUT2D eigenvalue weighted by molar-refractivity contribution is 6.00. The van der Waals surface area contributed by atoms with Crippen molar-refractivity contribution in [2.24, 2.45) is 45.3 Å². The van der Waals surface area contributed by atoms with Crippen molar-refractivity contribution >= 4 is 17.5 Å². The molecule has 4 aliphatic rings. The second-order valence-corrected chi connectivity index (χ2v) is 14.1. The zero-order chi connectivity index (χ0) is 27.9. The minimum atomic E-state index is -0.995. The van der Waals surface area contributed by atoms with Crippen LogP contribution in [0.3, 0.4) is 0 Å². The molecule has 0 unspecified atom stereocenters. The molecule has 0 spiro atoms. The van der Waals surface area contributed by atoms with Crippen molar-refractivity contribution in [2.45, 2.75) is 112 Å². The molecule has 0 radical (unpaired) electrons. The van der Waals surface area contributed by atoms with Gasteiger partial charge in [0.2, 0.25) is 0 Å². The fraction of sp³-hybridized carbons (Fsp3) is 0.833. The summed E-state index contributed by atoms with van der Waals surface area (Å²) < 4.78 is 0. The lowest BCUT2D eigenvalue weighted by atomic mass is 9.42. The van der Waals surface area contributed by atoms with E-state index in [1.54, 1.807) is 0 Å². The second kappa shape index (κ2) is 8.99. The van der Waals surface area contributed by atoms with E-state index >= 15 is 0 Å². The molecule has 0 aliphatic heterocycles. The number of hydrogen-bond acceptors (Lipinski definition) is 6. The monoisotopic (exact) mass is 518 g/mol. The molecule has 0 amide bonds. The van der Waals surface area contributed by atoms with Crippen LogP contribution < -0.4 is 0 Å². The lowest BCUT2D eigenvalue weighted by Gasteiger charge is -2.62. The molecule has 0 aromatic heterocycles. The van der Waals surface area contributed by atoms with Crippen molar-refractivity contribution in [3.05, 3.63) is 11.1 Å². The zero-order valence-corrected chi connectivity index (χ0v) is 23.5. The quantitative estimate of drug-likeness (QED) is 0.419. The Morgan fingerprint density at radius 1 is 0.973 bits per heavy atom. The van der Waals surface area contributed by atoms with Crippen molar-refractivity contribution in [2.75, 3.05) is 0 Å². The van der Waals surface area contributed by atoms with E-state index in [1.807, 2.05) is 34.6 Å². The second-order valence-electron chi connectivity index (χ2n) is 14.1. The molecule has 4 aliphatic carbocycles. The number of aliphatic hydroxyl groups excluding tert-OH is 3. The predicted octanol–water partition coefficient (Wildman–Crippen LogP) is 3.92. The molecule has 208 valence electrons. The van der Waals surface area contributed by atoms with Crippen LogP contribution in [0.25, 0.3) is 0 Å². The van der Waals surface area contributed by atoms with E-state index in [2.05, 4.69) is 6.92 Å². The van der Waals surface area contributed by atoms with E-state index in [4.69, 9.17) is 0 Å². The van der Waals surface area contributed by atoms with E-state index in [0.29, 0.717) is 36.8 Å². The summed E-state index contributed by atoms with van der Waals surface area (Å²) in [4.78, 5) is 38.0. The van der Waals surface area contributed by atoms with Crippen LogP contribution in [0.1, 0.15) is 93.4 Å². The van der Waals surface area contributed by atoms with Crippen molar-refractivity contribution in [1.82, 2.24) is 0 Å². The first-order valence-corrected chi connectivity index (χ1v) is 14.0. The molecule has 0 aromatic rings. The van der Waals surface area contributed by atoms with Gasteiger partial charge in [-0.1, -0.05) is 48.5 Å². The molecule has 37 heavy (non-hydrogen) atoms. The van der Waals surface area contributed by atoms with E-state index in [9.17, 15) is 34.8 Å². The number of allylic oxidation sites excluding steroid dienone is 1. The Hall–Kier alpha value is -1.57. The smallest absolute Gasteiger partial charge is 0.306 e. The number of ketones is 2. The highest BCUT2D eigenvalue weighted by Crippen LogP contribution is 2.71. The van der Waals surface area contributed by atoms with E-state index in [0.717, 1.165) is 0 Å².